The Hall–Kier alpha value is -2.40. The molecule has 1 aromatic heterocycles. The van der Waals surface area contributed by atoms with Crippen LogP contribution in [0.25, 0.3) is 0 Å². The van der Waals surface area contributed by atoms with Gasteiger partial charge < -0.3 is 4.74 Å². The maximum Gasteiger partial charge on any atom is 0.218 e. The minimum atomic E-state index is -3.69. The van der Waals surface area contributed by atoms with Gasteiger partial charge in [0.2, 0.25) is 10.0 Å². The lowest BCUT2D eigenvalue weighted by atomic mass is 9.86. The number of nitrogens with one attached hydrogen (secondary N) is 1. The number of aryl methyl sites for hydroxylation is 1. The second-order valence-corrected chi connectivity index (χ2v) is 12.2. The van der Waals surface area contributed by atoms with Gasteiger partial charge in [-0.15, -0.1) is 0 Å². The molecule has 0 saturated carbocycles. The van der Waals surface area contributed by atoms with Crippen LogP contribution in [0.2, 0.25) is 0 Å². The highest BCUT2D eigenvalue weighted by atomic mass is 32.2. The Kier molecular flexibility index (Phi) is 6.88. The van der Waals surface area contributed by atoms with Gasteiger partial charge in [0.15, 0.2) is 0 Å². The van der Waals surface area contributed by atoms with Crippen LogP contribution in [0.3, 0.4) is 0 Å². The average molecular weight is 519 g/mol. The molecule has 1 aliphatic carbocycles. The average Bonchev–Trinajstić information content (AvgIpc) is 3.24. The normalized spacial score (nSPS) is 27.2. The molecule has 2 aliphatic heterocycles. The van der Waals surface area contributed by atoms with Crippen molar-refractivity contribution in [3.05, 3.63) is 77.2 Å². The summed E-state index contributed by atoms with van der Waals surface area (Å²) < 4.78 is 66.3. The zero-order valence-electron chi connectivity index (χ0n) is 20.5. The summed E-state index contributed by atoms with van der Waals surface area (Å²) >= 11 is 0. The molecule has 0 bridgehead atoms. The third-order valence-electron chi connectivity index (χ3n) is 7.63. The van der Waals surface area contributed by atoms with Crippen molar-refractivity contribution >= 4 is 10.0 Å². The van der Waals surface area contributed by atoms with E-state index in [0.29, 0.717) is 25.8 Å². The van der Waals surface area contributed by atoms with Gasteiger partial charge in [0.25, 0.3) is 0 Å². The predicted octanol–water partition coefficient (Wildman–Crippen LogP) is 3.53. The van der Waals surface area contributed by atoms with Gasteiger partial charge in [0, 0.05) is 49.1 Å². The van der Waals surface area contributed by atoms with E-state index >= 15 is 8.78 Å². The molecule has 194 valence electrons. The van der Waals surface area contributed by atoms with E-state index in [4.69, 9.17) is 4.74 Å². The van der Waals surface area contributed by atoms with E-state index in [-0.39, 0.29) is 42.8 Å². The van der Waals surface area contributed by atoms with Crippen LogP contribution in [0, 0.1) is 17.6 Å². The van der Waals surface area contributed by atoms with Crippen LogP contribution in [0.15, 0.2) is 48.8 Å². The molecule has 2 saturated heterocycles. The van der Waals surface area contributed by atoms with Gasteiger partial charge in [-0.05, 0) is 44.2 Å². The van der Waals surface area contributed by atoms with Crippen LogP contribution in [-0.2, 0) is 40.4 Å². The second-order valence-electron chi connectivity index (χ2n) is 10.1. The monoisotopic (exact) mass is 518 g/mol. The molecular weight excluding hydrogens is 486 g/mol. The van der Waals surface area contributed by atoms with Gasteiger partial charge in [-0.2, -0.15) is 9.40 Å². The quantitative estimate of drug-likeness (QED) is 0.607. The number of benzene rings is 1. The van der Waals surface area contributed by atoms with E-state index in [1.165, 1.54) is 10.4 Å². The molecule has 7 nitrogen and oxygen atoms in total. The van der Waals surface area contributed by atoms with Crippen molar-refractivity contribution in [3.63, 3.8) is 0 Å². The summed E-state index contributed by atoms with van der Waals surface area (Å²) in [5, 5.41) is 6.88. The van der Waals surface area contributed by atoms with Crippen molar-refractivity contribution in [2.24, 2.45) is 13.0 Å². The summed E-state index contributed by atoms with van der Waals surface area (Å²) in [7, 11) is -1.88. The van der Waals surface area contributed by atoms with Crippen LogP contribution in [-0.4, -0.2) is 47.0 Å². The molecule has 3 atom stereocenters. The van der Waals surface area contributed by atoms with Crippen molar-refractivity contribution < 1.29 is 21.9 Å². The number of aromatic nitrogens is 2. The lowest BCUT2D eigenvalue weighted by Gasteiger charge is -2.43. The van der Waals surface area contributed by atoms with Gasteiger partial charge >= 0.3 is 0 Å². The first-order chi connectivity index (χ1) is 17.2. The fourth-order valence-corrected chi connectivity index (χ4v) is 7.77. The van der Waals surface area contributed by atoms with E-state index in [1.54, 1.807) is 10.9 Å². The van der Waals surface area contributed by atoms with E-state index < -0.39 is 32.4 Å². The Balaban J connectivity index is 1.37. The number of nitrogens with zero attached hydrogens (tertiary/aromatic N) is 3. The standard InChI is InChI=1S/C26H32F2N4O3S/c1-18-8-9-25(20-6-4-3-5-7-20)36(33,34)32(18)15-21-10-24(28)22(11-23(21)27)26(16-35-17-26)29-12-19-13-30-31(2)14-19/h3-6,10-11,13-14,18,20,25,29H,7-9,12,15-17H2,1-2H3/t18-,20?,25+/m0/s1. The fourth-order valence-electron chi connectivity index (χ4n) is 5.42. The molecule has 2 aromatic rings. The first-order valence-electron chi connectivity index (χ1n) is 12.3. The van der Waals surface area contributed by atoms with Gasteiger partial charge in [-0.3, -0.25) is 10.00 Å². The first-order valence-corrected chi connectivity index (χ1v) is 13.8. The summed E-state index contributed by atoms with van der Waals surface area (Å²) in [5.41, 5.74) is 0.290. The zero-order chi connectivity index (χ0) is 25.5. The maximum absolute atomic E-state index is 15.4. The molecule has 10 heteroatoms. The zero-order valence-corrected chi connectivity index (χ0v) is 21.3. The SMILES string of the molecule is C[C@H]1CC[C@H](C2C=CC=CC2)S(=O)(=O)N1Cc1cc(F)c(C2(NCc3cnn(C)c3)COC2)cc1F. The largest absolute Gasteiger partial charge is 0.377 e. The third-order valence-corrected chi connectivity index (χ3v) is 10.1. The van der Waals surface area contributed by atoms with Crippen molar-refractivity contribution in [1.29, 1.82) is 0 Å². The maximum atomic E-state index is 15.4. The Morgan fingerprint density at radius 2 is 2.00 bits per heavy atom. The molecule has 36 heavy (non-hydrogen) atoms. The van der Waals surface area contributed by atoms with Crippen LogP contribution < -0.4 is 5.32 Å². The van der Waals surface area contributed by atoms with Gasteiger partial charge in [0.1, 0.15) is 11.6 Å². The molecule has 1 aromatic carbocycles. The summed E-state index contributed by atoms with van der Waals surface area (Å²) in [6, 6.07) is 2.05. The van der Waals surface area contributed by atoms with E-state index in [1.807, 2.05) is 44.5 Å². The topological polar surface area (TPSA) is 76.5 Å². The molecule has 0 radical (unpaired) electrons. The van der Waals surface area contributed by atoms with E-state index in [9.17, 15) is 8.42 Å². The van der Waals surface area contributed by atoms with Crippen molar-refractivity contribution in [1.82, 2.24) is 19.4 Å². The highest BCUT2D eigenvalue weighted by Gasteiger charge is 2.45. The van der Waals surface area contributed by atoms with E-state index in [0.717, 1.165) is 11.6 Å². The van der Waals surface area contributed by atoms with Crippen LogP contribution in [0.1, 0.15) is 42.9 Å². The number of hydrogen-bond acceptors (Lipinski definition) is 5. The first kappa shape index (κ1) is 25.3. The Labute approximate surface area is 210 Å². The number of halogens is 2. The van der Waals surface area contributed by atoms with Crippen molar-refractivity contribution in [3.8, 4) is 0 Å². The number of ether oxygens (including phenoxy) is 1. The van der Waals surface area contributed by atoms with Gasteiger partial charge in [-0.1, -0.05) is 24.3 Å². The summed E-state index contributed by atoms with van der Waals surface area (Å²) in [6.07, 6.45) is 13.2. The van der Waals surface area contributed by atoms with Gasteiger partial charge in [0.05, 0.1) is 30.2 Å². The molecule has 1 unspecified atom stereocenters. The number of allylic oxidation sites excluding steroid dienone is 4. The molecule has 2 fully saturated rings. The summed E-state index contributed by atoms with van der Waals surface area (Å²) in [4.78, 5) is 0. The molecular formula is C26H32F2N4O3S. The highest BCUT2D eigenvalue weighted by molar-refractivity contribution is 7.89. The Bertz CT molecular complexity index is 1290. The predicted molar refractivity (Wildman–Crippen MR) is 132 cm³/mol. The summed E-state index contributed by atoms with van der Waals surface area (Å²) in [5.74, 6) is -1.30. The number of rotatable bonds is 7. The molecule has 0 spiro atoms. The van der Waals surface area contributed by atoms with Gasteiger partial charge in [-0.25, -0.2) is 17.2 Å². The van der Waals surface area contributed by atoms with Crippen molar-refractivity contribution in [2.45, 2.75) is 56.1 Å². The fraction of sp³-hybridized carbons (Fsp3) is 0.500. The van der Waals surface area contributed by atoms with Crippen LogP contribution in [0.4, 0.5) is 8.78 Å². The lowest BCUT2D eigenvalue weighted by Crippen LogP contribution is -2.57. The second kappa shape index (κ2) is 9.81. The molecule has 3 aliphatic rings. The molecule has 0 amide bonds. The van der Waals surface area contributed by atoms with Crippen LogP contribution >= 0.6 is 0 Å². The number of sulfonamides is 1. The number of hydrogen-bond donors (Lipinski definition) is 1. The lowest BCUT2D eigenvalue weighted by molar-refractivity contribution is -0.0813. The highest BCUT2D eigenvalue weighted by Crippen LogP contribution is 2.37. The van der Waals surface area contributed by atoms with Crippen LogP contribution in [0.5, 0.6) is 0 Å². The summed E-state index contributed by atoms with van der Waals surface area (Å²) in [6.45, 7) is 2.49. The molecule has 3 heterocycles. The minimum absolute atomic E-state index is 0.0362. The Morgan fingerprint density at radius 3 is 2.64 bits per heavy atom. The Morgan fingerprint density at radius 1 is 1.19 bits per heavy atom. The molecule has 1 N–H and O–H groups in total. The van der Waals surface area contributed by atoms with Crippen molar-refractivity contribution in [2.75, 3.05) is 13.2 Å². The minimum Gasteiger partial charge on any atom is -0.377 e. The van der Waals surface area contributed by atoms with E-state index in [2.05, 4.69) is 10.4 Å². The molecule has 5 rings (SSSR count). The smallest absolute Gasteiger partial charge is 0.218 e. The third kappa shape index (κ3) is 4.67.